The van der Waals surface area contributed by atoms with Gasteiger partial charge in [0.1, 0.15) is 6.54 Å². The summed E-state index contributed by atoms with van der Waals surface area (Å²) < 4.78 is 12.0. The van der Waals surface area contributed by atoms with Crippen LogP contribution in [0.4, 0.5) is 11.5 Å². The molecule has 40 heavy (non-hydrogen) atoms. The largest absolute Gasteiger partial charge is 0.379 e. The van der Waals surface area contributed by atoms with Gasteiger partial charge in [-0.1, -0.05) is 59.8 Å². The average Bonchev–Trinajstić information content (AvgIpc) is 3.71. The summed E-state index contributed by atoms with van der Waals surface area (Å²) in [5.74, 6) is 1.31. The number of hydrogen-bond donors (Lipinski definition) is 2. The number of unbranched alkanes of at least 4 members (excludes halogenated alkanes) is 1. The second-order valence-corrected chi connectivity index (χ2v) is 9.34. The van der Waals surface area contributed by atoms with Gasteiger partial charge in [0.15, 0.2) is 17.3 Å². The first kappa shape index (κ1) is 25.0. The van der Waals surface area contributed by atoms with E-state index in [1.807, 2.05) is 48.5 Å². The van der Waals surface area contributed by atoms with Crippen LogP contribution in [0.1, 0.15) is 24.3 Å². The molecule has 0 fully saturated rings. The van der Waals surface area contributed by atoms with Crippen molar-refractivity contribution in [3.8, 4) is 22.9 Å². The number of amides is 1. The molecule has 0 aliphatic heterocycles. The lowest BCUT2D eigenvalue weighted by atomic mass is 10.1. The van der Waals surface area contributed by atoms with Gasteiger partial charge in [-0.3, -0.25) is 4.79 Å². The van der Waals surface area contributed by atoms with E-state index in [1.165, 1.54) is 5.56 Å². The monoisotopic (exact) mass is 534 g/mol. The molecule has 0 saturated carbocycles. The first-order valence-electron chi connectivity index (χ1n) is 12.9. The molecule has 0 saturated heterocycles. The van der Waals surface area contributed by atoms with Crippen molar-refractivity contribution in [2.45, 2.75) is 32.2 Å². The number of aromatic nitrogens is 6. The Morgan fingerprint density at radius 1 is 0.875 bits per heavy atom. The summed E-state index contributed by atoms with van der Waals surface area (Å²) in [6, 6.07) is 25.2. The molecular weight excluding hydrogens is 508 g/mol. The van der Waals surface area contributed by atoms with Crippen LogP contribution in [-0.4, -0.2) is 35.9 Å². The van der Waals surface area contributed by atoms with Crippen LogP contribution < -0.4 is 11.1 Å². The maximum atomic E-state index is 13.1. The standard InChI is InChI=1S/C29H26N8O3/c30-27-26(34-40-35-27)29-32-22-14-5-6-15-23(22)37(29)18-24(38)31-21-13-8-12-20(17-21)28-33-25(39-36-28)16-7-4-11-19-9-2-1-3-10-19/h1-3,5-6,8-10,12-15,17H,4,7,11,16,18H2,(H2,30,35)(H,31,38). The van der Waals surface area contributed by atoms with Crippen LogP contribution in [-0.2, 0) is 24.2 Å². The third kappa shape index (κ3) is 5.44. The van der Waals surface area contributed by atoms with Gasteiger partial charge in [0.25, 0.3) is 0 Å². The van der Waals surface area contributed by atoms with E-state index in [1.54, 1.807) is 10.6 Å². The first-order valence-corrected chi connectivity index (χ1v) is 12.9. The molecule has 6 aromatic rings. The quantitative estimate of drug-likeness (QED) is 0.233. The van der Waals surface area contributed by atoms with Gasteiger partial charge in [-0.05, 0) is 59.4 Å². The molecular formula is C29H26N8O3. The number of aryl methyl sites for hydroxylation is 2. The number of nitrogens with two attached hydrogens (primary N) is 1. The van der Waals surface area contributed by atoms with Crippen molar-refractivity contribution in [3.05, 3.63) is 90.3 Å². The Hall–Kier alpha value is -5.32. The van der Waals surface area contributed by atoms with Crippen LogP contribution in [0.5, 0.6) is 0 Å². The van der Waals surface area contributed by atoms with E-state index >= 15 is 0 Å². The Kier molecular flexibility index (Phi) is 6.99. The summed E-state index contributed by atoms with van der Waals surface area (Å²) in [6.45, 7) is -0.0261. The predicted octanol–water partition coefficient (Wildman–Crippen LogP) is 4.92. The fourth-order valence-corrected chi connectivity index (χ4v) is 4.57. The lowest BCUT2D eigenvalue weighted by molar-refractivity contribution is -0.116. The van der Waals surface area contributed by atoms with Crippen molar-refractivity contribution in [3.63, 3.8) is 0 Å². The van der Waals surface area contributed by atoms with Gasteiger partial charge in [-0.25, -0.2) is 9.61 Å². The number of nitrogens with zero attached hydrogens (tertiary/aromatic N) is 6. The summed E-state index contributed by atoms with van der Waals surface area (Å²) in [5.41, 5.74) is 10.3. The molecule has 0 radical (unpaired) electrons. The summed E-state index contributed by atoms with van der Waals surface area (Å²) in [4.78, 5) is 22.3. The van der Waals surface area contributed by atoms with Crippen molar-refractivity contribution in [1.82, 2.24) is 30.0 Å². The van der Waals surface area contributed by atoms with E-state index in [9.17, 15) is 4.79 Å². The molecule has 3 N–H and O–H groups in total. The number of rotatable bonds is 10. The molecule has 0 aliphatic rings. The minimum atomic E-state index is -0.260. The number of hydrogen-bond acceptors (Lipinski definition) is 9. The topological polar surface area (TPSA) is 151 Å². The fourth-order valence-electron chi connectivity index (χ4n) is 4.57. The van der Waals surface area contributed by atoms with Crippen LogP contribution in [0.3, 0.4) is 0 Å². The van der Waals surface area contributed by atoms with Gasteiger partial charge < -0.3 is 20.1 Å². The molecule has 3 heterocycles. The van der Waals surface area contributed by atoms with Gasteiger partial charge >= 0.3 is 0 Å². The number of nitrogen functional groups attached to an aromatic ring is 1. The SMILES string of the molecule is Nc1nonc1-c1nc2ccccc2n1CC(=O)Nc1cccc(-c2noc(CCCCc3ccccc3)n2)c1. The van der Waals surface area contributed by atoms with Gasteiger partial charge in [0.05, 0.1) is 11.0 Å². The zero-order valence-electron chi connectivity index (χ0n) is 21.5. The van der Waals surface area contributed by atoms with Crippen LogP contribution in [0, 0.1) is 0 Å². The van der Waals surface area contributed by atoms with E-state index in [-0.39, 0.29) is 24.0 Å². The number of carbonyl (C=O) groups is 1. The predicted molar refractivity (Wildman–Crippen MR) is 149 cm³/mol. The number of para-hydroxylation sites is 2. The van der Waals surface area contributed by atoms with E-state index in [0.717, 1.165) is 30.3 Å². The third-order valence-electron chi connectivity index (χ3n) is 6.50. The van der Waals surface area contributed by atoms with Gasteiger partial charge in [-0.2, -0.15) is 4.98 Å². The number of fused-ring (bicyclic) bond motifs is 1. The highest BCUT2D eigenvalue weighted by atomic mass is 16.6. The Bertz CT molecular complexity index is 1760. The van der Waals surface area contributed by atoms with Crippen LogP contribution in [0.2, 0.25) is 0 Å². The third-order valence-corrected chi connectivity index (χ3v) is 6.50. The van der Waals surface area contributed by atoms with E-state index < -0.39 is 0 Å². The minimum Gasteiger partial charge on any atom is -0.379 e. The zero-order valence-corrected chi connectivity index (χ0v) is 21.5. The molecule has 0 bridgehead atoms. The molecule has 0 spiro atoms. The maximum absolute atomic E-state index is 13.1. The molecule has 0 unspecified atom stereocenters. The Labute approximate surface area is 229 Å². The van der Waals surface area contributed by atoms with E-state index in [0.29, 0.717) is 35.2 Å². The smallest absolute Gasteiger partial charge is 0.244 e. The zero-order chi connectivity index (χ0) is 27.3. The summed E-state index contributed by atoms with van der Waals surface area (Å²) in [6.07, 6.45) is 3.72. The van der Waals surface area contributed by atoms with Crippen LogP contribution in [0.25, 0.3) is 33.9 Å². The molecule has 0 atom stereocenters. The Balaban J connectivity index is 1.12. The average molecular weight is 535 g/mol. The van der Waals surface area contributed by atoms with Gasteiger partial charge in [0.2, 0.25) is 17.6 Å². The Morgan fingerprint density at radius 2 is 1.70 bits per heavy atom. The first-order chi connectivity index (χ1) is 19.6. The van der Waals surface area contributed by atoms with E-state index in [4.69, 9.17) is 14.9 Å². The van der Waals surface area contributed by atoms with Crippen LogP contribution in [0.15, 0.2) is 88.0 Å². The highest BCUT2D eigenvalue weighted by Gasteiger charge is 2.21. The van der Waals surface area contributed by atoms with Crippen molar-refractivity contribution >= 4 is 28.4 Å². The molecule has 3 aromatic carbocycles. The lowest BCUT2D eigenvalue weighted by Gasteiger charge is -2.09. The number of carbonyl (C=O) groups excluding carboxylic acids is 1. The highest BCUT2D eigenvalue weighted by molar-refractivity contribution is 5.93. The molecule has 6 rings (SSSR count). The molecule has 200 valence electrons. The van der Waals surface area contributed by atoms with E-state index in [2.05, 4.69) is 55.0 Å². The number of anilines is 2. The number of benzene rings is 3. The molecule has 11 nitrogen and oxygen atoms in total. The maximum Gasteiger partial charge on any atom is 0.244 e. The van der Waals surface area contributed by atoms with Crippen molar-refractivity contribution in [1.29, 1.82) is 0 Å². The highest BCUT2D eigenvalue weighted by Crippen LogP contribution is 2.27. The second-order valence-electron chi connectivity index (χ2n) is 9.34. The van der Waals surface area contributed by atoms with Crippen LogP contribution >= 0.6 is 0 Å². The summed E-state index contributed by atoms with van der Waals surface area (Å²) >= 11 is 0. The second kappa shape index (κ2) is 11.2. The summed E-state index contributed by atoms with van der Waals surface area (Å²) in [5, 5.41) is 14.6. The van der Waals surface area contributed by atoms with Gasteiger partial charge in [-0.15, -0.1) is 0 Å². The minimum absolute atomic E-state index is 0.0261. The Morgan fingerprint density at radius 3 is 2.55 bits per heavy atom. The fraction of sp³-hybridized carbons (Fsp3) is 0.172. The van der Waals surface area contributed by atoms with Crippen molar-refractivity contribution in [2.24, 2.45) is 0 Å². The number of nitrogens with one attached hydrogen (secondary N) is 1. The summed E-state index contributed by atoms with van der Waals surface area (Å²) in [7, 11) is 0. The normalized spacial score (nSPS) is 11.2. The molecule has 3 aromatic heterocycles. The van der Waals surface area contributed by atoms with Gasteiger partial charge in [0, 0.05) is 17.7 Å². The number of imidazole rings is 1. The van der Waals surface area contributed by atoms with Crippen molar-refractivity contribution in [2.75, 3.05) is 11.1 Å². The lowest BCUT2D eigenvalue weighted by Crippen LogP contribution is -2.19. The van der Waals surface area contributed by atoms with Crippen molar-refractivity contribution < 1.29 is 13.9 Å². The molecule has 0 aliphatic carbocycles. The molecule has 11 heteroatoms. The molecule has 1 amide bonds.